The van der Waals surface area contributed by atoms with Crippen molar-refractivity contribution in [2.75, 3.05) is 13.1 Å². The Morgan fingerprint density at radius 3 is 2.65 bits per heavy atom. The van der Waals surface area contributed by atoms with Gasteiger partial charge in [-0.25, -0.2) is 0 Å². The fourth-order valence-electron chi connectivity index (χ4n) is 2.96. The van der Waals surface area contributed by atoms with Crippen LogP contribution < -0.4 is 0 Å². The molecule has 23 heavy (non-hydrogen) atoms. The van der Waals surface area contributed by atoms with Crippen LogP contribution in [-0.4, -0.2) is 34.2 Å². The van der Waals surface area contributed by atoms with Crippen molar-refractivity contribution in [1.29, 1.82) is 0 Å². The molecule has 1 saturated heterocycles. The molecule has 5 nitrogen and oxygen atoms in total. The lowest BCUT2D eigenvalue weighted by atomic mass is 10.1. The zero-order valence-corrected chi connectivity index (χ0v) is 13.9. The molecule has 1 fully saturated rings. The highest BCUT2D eigenvalue weighted by Gasteiger charge is 2.26. The molecule has 1 atom stereocenters. The van der Waals surface area contributed by atoms with E-state index in [0.29, 0.717) is 12.7 Å². The Morgan fingerprint density at radius 1 is 1.26 bits per heavy atom. The Morgan fingerprint density at radius 2 is 2.00 bits per heavy atom. The first kappa shape index (κ1) is 16.1. The maximum Gasteiger partial charge on any atom is 0.243 e. The van der Waals surface area contributed by atoms with Crippen LogP contribution in [0.1, 0.15) is 50.0 Å². The van der Waals surface area contributed by atoms with E-state index >= 15 is 0 Å². The molecule has 0 aliphatic carbocycles. The van der Waals surface area contributed by atoms with Gasteiger partial charge in [0.25, 0.3) is 0 Å². The second-order valence-corrected chi connectivity index (χ2v) is 6.11. The summed E-state index contributed by atoms with van der Waals surface area (Å²) in [4.78, 5) is 6.85. The Balaban J connectivity index is 1.46. The van der Waals surface area contributed by atoms with E-state index in [9.17, 15) is 0 Å². The van der Waals surface area contributed by atoms with Crippen molar-refractivity contribution >= 4 is 0 Å². The number of hydrogen-bond donors (Lipinski definition) is 0. The molecule has 1 aliphatic rings. The maximum absolute atomic E-state index is 6.05. The van der Waals surface area contributed by atoms with Crippen molar-refractivity contribution < 1.29 is 9.26 Å². The average Bonchev–Trinajstić information content (AvgIpc) is 3.10. The van der Waals surface area contributed by atoms with Gasteiger partial charge in [0, 0.05) is 19.5 Å². The average molecular weight is 315 g/mol. The zero-order valence-electron chi connectivity index (χ0n) is 13.9. The van der Waals surface area contributed by atoms with E-state index < -0.39 is 0 Å². The number of hydrogen-bond acceptors (Lipinski definition) is 5. The highest BCUT2D eigenvalue weighted by Crippen LogP contribution is 2.24. The molecule has 124 valence electrons. The van der Waals surface area contributed by atoms with Gasteiger partial charge in [-0.1, -0.05) is 42.4 Å². The normalized spacial score (nSPS) is 18.2. The van der Waals surface area contributed by atoms with Crippen molar-refractivity contribution in [3.8, 4) is 0 Å². The zero-order chi connectivity index (χ0) is 16.1. The van der Waals surface area contributed by atoms with Crippen molar-refractivity contribution in [2.45, 2.75) is 51.9 Å². The molecular formula is C18H25N3O2. The minimum Gasteiger partial charge on any atom is -0.373 e. The molecule has 0 unspecified atom stereocenters. The predicted molar refractivity (Wildman–Crippen MR) is 87.9 cm³/mol. The number of rotatable bonds is 6. The fourth-order valence-corrected chi connectivity index (χ4v) is 2.96. The molecule has 1 aromatic heterocycles. The first-order valence-electron chi connectivity index (χ1n) is 8.48. The second-order valence-electron chi connectivity index (χ2n) is 6.11. The van der Waals surface area contributed by atoms with Crippen LogP contribution in [0.4, 0.5) is 0 Å². The number of piperidine rings is 1. The lowest BCUT2D eigenvalue weighted by Gasteiger charge is -2.34. The van der Waals surface area contributed by atoms with Crippen LogP contribution in [0, 0.1) is 0 Å². The van der Waals surface area contributed by atoms with E-state index in [1.54, 1.807) is 0 Å². The van der Waals surface area contributed by atoms with Gasteiger partial charge < -0.3 is 9.26 Å². The third-order valence-electron chi connectivity index (χ3n) is 4.51. The summed E-state index contributed by atoms with van der Waals surface area (Å²) in [6.07, 6.45) is 3.25. The summed E-state index contributed by atoms with van der Waals surface area (Å²) >= 11 is 0. The van der Waals surface area contributed by atoms with E-state index in [0.717, 1.165) is 44.1 Å². The fraction of sp³-hybridized carbons (Fsp3) is 0.556. The Bertz CT molecular complexity index is 591. The molecule has 0 spiro atoms. The second kappa shape index (κ2) is 7.70. The quantitative estimate of drug-likeness (QED) is 0.818. The number of aryl methyl sites for hydroxylation is 1. The number of nitrogens with zero attached hydrogens (tertiary/aromatic N) is 3. The molecule has 3 rings (SSSR count). The topological polar surface area (TPSA) is 51.4 Å². The van der Waals surface area contributed by atoms with E-state index in [2.05, 4.69) is 46.2 Å². The van der Waals surface area contributed by atoms with Gasteiger partial charge in [0.05, 0.1) is 18.8 Å². The van der Waals surface area contributed by atoms with Crippen LogP contribution in [0.2, 0.25) is 0 Å². The Hall–Kier alpha value is -1.72. The Labute approximate surface area is 137 Å². The van der Waals surface area contributed by atoms with E-state index in [1.165, 1.54) is 5.56 Å². The molecule has 1 aliphatic heterocycles. The van der Waals surface area contributed by atoms with Crippen LogP contribution in [0.25, 0.3) is 0 Å². The van der Waals surface area contributed by atoms with Gasteiger partial charge in [0.2, 0.25) is 5.89 Å². The first-order valence-corrected chi connectivity index (χ1v) is 8.48. The van der Waals surface area contributed by atoms with Crippen LogP contribution in [0.5, 0.6) is 0 Å². The van der Waals surface area contributed by atoms with Gasteiger partial charge in [0.1, 0.15) is 0 Å². The number of benzene rings is 1. The molecule has 5 heteroatoms. The monoisotopic (exact) mass is 315 g/mol. The van der Waals surface area contributed by atoms with Crippen LogP contribution in [0.3, 0.4) is 0 Å². The van der Waals surface area contributed by atoms with Crippen molar-refractivity contribution in [1.82, 2.24) is 15.0 Å². The van der Waals surface area contributed by atoms with Gasteiger partial charge in [-0.15, -0.1) is 0 Å². The molecule has 2 heterocycles. The summed E-state index contributed by atoms with van der Waals surface area (Å²) in [6, 6.07) is 10.5. The minimum absolute atomic E-state index is 0.179. The summed E-state index contributed by atoms with van der Waals surface area (Å²) in [7, 11) is 0. The molecule has 0 amide bonds. The summed E-state index contributed by atoms with van der Waals surface area (Å²) in [5, 5.41) is 3.99. The SMILES string of the molecule is CCc1noc([C@H](C)N2CCC(OCc3ccccc3)CC2)n1. The summed E-state index contributed by atoms with van der Waals surface area (Å²) in [5.74, 6) is 1.51. The largest absolute Gasteiger partial charge is 0.373 e. The third kappa shape index (κ3) is 4.18. The van der Waals surface area contributed by atoms with Crippen molar-refractivity contribution in [3.63, 3.8) is 0 Å². The molecule has 0 radical (unpaired) electrons. The summed E-state index contributed by atoms with van der Waals surface area (Å²) < 4.78 is 11.4. The van der Waals surface area contributed by atoms with Gasteiger partial charge in [-0.3, -0.25) is 4.90 Å². The summed E-state index contributed by atoms with van der Waals surface area (Å²) in [6.45, 7) is 6.88. The Kier molecular flexibility index (Phi) is 5.41. The maximum atomic E-state index is 6.05. The van der Waals surface area contributed by atoms with Gasteiger partial charge >= 0.3 is 0 Å². The highest BCUT2D eigenvalue weighted by atomic mass is 16.5. The number of ether oxygens (including phenoxy) is 1. The van der Waals surface area contributed by atoms with E-state index in [4.69, 9.17) is 9.26 Å². The van der Waals surface area contributed by atoms with Crippen molar-refractivity contribution in [2.24, 2.45) is 0 Å². The van der Waals surface area contributed by atoms with Gasteiger partial charge in [-0.05, 0) is 25.3 Å². The lowest BCUT2D eigenvalue weighted by Crippen LogP contribution is -2.38. The highest BCUT2D eigenvalue weighted by molar-refractivity contribution is 5.13. The molecule has 0 bridgehead atoms. The molecule has 0 saturated carbocycles. The number of likely N-dealkylation sites (tertiary alicyclic amines) is 1. The molecular weight excluding hydrogens is 290 g/mol. The van der Waals surface area contributed by atoms with Gasteiger partial charge in [0.15, 0.2) is 5.82 Å². The molecule has 0 N–H and O–H groups in total. The molecule has 1 aromatic carbocycles. The first-order chi connectivity index (χ1) is 11.3. The third-order valence-corrected chi connectivity index (χ3v) is 4.51. The van der Waals surface area contributed by atoms with Crippen LogP contribution in [-0.2, 0) is 17.8 Å². The smallest absolute Gasteiger partial charge is 0.243 e. The predicted octanol–water partition coefficient (Wildman–Crippen LogP) is 3.37. The van der Waals surface area contributed by atoms with Crippen LogP contribution in [0.15, 0.2) is 34.9 Å². The lowest BCUT2D eigenvalue weighted by molar-refractivity contribution is -0.0124. The minimum atomic E-state index is 0.179. The number of aromatic nitrogens is 2. The van der Waals surface area contributed by atoms with E-state index in [-0.39, 0.29) is 6.04 Å². The van der Waals surface area contributed by atoms with Gasteiger partial charge in [-0.2, -0.15) is 4.98 Å². The van der Waals surface area contributed by atoms with Crippen molar-refractivity contribution in [3.05, 3.63) is 47.6 Å². The standard InChI is InChI=1S/C18H25N3O2/c1-3-17-19-18(23-20-17)14(2)21-11-9-16(10-12-21)22-13-15-7-5-4-6-8-15/h4-8,14,16H,3,9-13H2,1-2H3/t14-/m0/s1. The molecule has 2 aromatic rings. The van der Waals surface area contributed by atoms with Crippen LogP contribution >= 0.6 is 0 Å². The summed E-state index contributed by atoms with van der Waals surface area (Å²) in [5.41, 5.74) is 1.24. The van der Waals surface area contributed by atoms with E-state index in [1.807, 2.05) is 13.0 Å².